The van der Waals surface area contributed by atoms with Crippen LogP contribution in [0.1, 0.15) is 19.5 Å². The maximum atomic E-state index is 10.8. The number of anilines is 1. The molecule has 0 bridgehead atoms. The van der Waals surface area contributed by atoms with Crippen LogP contribution in [0.2, 0.25) is 0 Å². The molecule has 0 aliphatic carbocycles. The lowest BCUT2D eigenvalue weighted by Gasteiger charge is -2.20. The Morgan fingerprint density at radius 2 is 2.18 bits per heavy atom. The van der Waals surface area contributed by atoms with Gasteiger partial charge in [0.25, 0.3) is 0 Å². The van der Waals surface area contributed by atoms with Gasteiger partial charge in [0, 0.05) is 11.8 Å². The molecule has 0 unspecified atom stereocenters. The first-order valence-corrected chi connectivity index (χ1v) is 5.45. The van der Waals surface area contributed by atoms with E-state index in [0.717, 1.165) is 0 Å². The van der Waals surface area contributed by atoms with E-state index in [9.17, 15) is 15.2 Å². The summed E-state index contributed by atoms with van der Waals surface area (Å²) in [6.07, 6.45) is 0. The Balaban J connectivity index is 3.03. The molecule has 1 atom stereocenters. The molecule has 1 aromatic heterocycles. The van der Waals surface area contributed by atoms with Crippen LogP contribution in [0, 0.1) is 23.0 Å². The van der Waals surface area contributed by atoms with Gasteiger partial charge in [-0.05, 0) is 18.9 Å². The molecule has 0 radical (unpaired) electrons. The molecule has 17 heavy (non-hydrogen) atoms. The Bertz CT molecular complexity index is 407. The third-order valence-electron chi connectivity index (χ3n) is 2.53. The van der Waals surface area contributed by atoms with Crippen LogP contribution in [0.25, 0.3) is 0 Å². The average molecular weight is 239 g/mol. The van der Waals surface area contributed by atoms with Gasteiger partial charge in [-0.1, -0.05) is 13.8 Å². The number of aliphatic hydroxyl groups is 1. The lowest BCUT2D eigenvalue weighted by atomic mass is 10.1. The van der Waals surface area contributed by atoms with E-state index < -0.39 is 4.92 Å². The summed E-state index contributed by atoms with van der Waals surface area (Å²) in [5.74, 6) is 0.365. The molecule has 0 saturated carbocycles. The Morgan fingerprint density at radius 1 is 1.53 bits per heavy atom. The zero-order chi connectivity index (χ0) is 13.0. The molecule has 0 fully saturated rings. The second-order valence-corrected chi connectivity index (χ2v) is 4.25. The molecule has 0 spiro atoms. The first-order chi connectivity index (χ1) is 7.95. The molecule has 0 amide bonds. The van der Waals surface area contributed by atoms with Crippen molar-refractivity contribution in [2.24, 2.45) is 5.92 Å². The van der Waals surface area contributed by atoms with Crippen LogP contribution in [0.15, 0.2) is 12.1 Å². The van der Waals surface area contributed by atoms with Crippen LogP contribution >= 0.6 is 0 Å². The molecule has 94 valence electrons. The number of pyridine rings is 1. The molecule has 2 N–H and O–H groups in total. The minimum absolute atomic E-state index is 0.0744. The third-order valence-corrected chi connectivity index (χ3v) is 2.53. The minimum Gasteiger partial charge on any atom is -0.394 e. The van der Waals surface area contributed by atoms with Crippen molar-refractivity contribution in [3.63, 3.8) is 0 Å². The number of nitro groups is 1. The van der Waals surface area contributed by atoms with Gasteiger partial charge in [-0.2, -0.15) is 0 Å². The van der Waals surface area contributed by atoms with E-state index in [1.54, 1.807) is 13.0 Å². The summed E-state index contributed by atoms with van der Waals surface area (Å²) in [4.78, 5) is 14.5. The quantitative estimate of drug-likeness (QED) is 0.603. The fourth-order valence-corrected chi connectivity index (χ4v) is 1.40. The summed E-state index contributed by atoms with van der Waals surface area (Å²) in [5.41, 5.74) is 0.619. The third kappa shape index (κ3) is 3.39. The lowest BCUT2D eigenvalue weighted by molar-refractivity contribution is -0.384. The monoisotopic (exact) mass is 239 g/mol. The zero-order valence-corrected chi connectivity index (χ0v) is 10.2. The topological polar surface area (TPSA) is 88.3 Å². The number of nitrogens with zero attached hydrogens (tertiary/aromatic N) is 2. The first-order valence-electron chi connectivity index (χ1n) is 5.45. The fourth-order valence-electron chi connectivity index (χ4n) is 1.40. The summed E-state index contributed by atoms with van der Waals surface area (Å²) in [6, 6.07) is 2.76. The molecular formula is C11H17N3O3. The van der Waals surface area contributed by atoms with Gasteiger partial charge in [0.1, 0.15) is 0 Å². The number of rotatable bonds is 5. The summed E-state index contributed by atoms with van der Waals surface area (Å²) in [6.45, 7) is 5.52. The van der Waals surface area contributed by atoms with E-state index in [0.29, 0.717) is 5.69 Å². The Kier molecular flexibility index (Phi) is 4.39. The highest BCUT2D eigenvalue weighted by Gasteiger charge is 2.20. The predicted octanol–water partition coefficient (Wildman–Crippen LogP) is 1.73. The van der Waals surface area contributed by atoms with Crippen molar-refractivity contribution >= 4 is 11.5 Å². The average Bonchev–Trinajstić information content (AvgIpc) is 2.25. The SMILES string of the molecule is Cc1ccc([N+](=O)[O-])c(N[C@H](CO)C(C)C)n1. The van der Waals surface area contributed by atoms with Crippen LogP contribution < -0.4 is 5.32 Å². The van der Waals surface area contributed by atoms with E-state index in [4.69, 9.17) is 0 Å². The second kappa shape index (κ2) is 5.58. The molecule has 0 aliphatic heterocycles. The molecule has 6 nitrogen and oxygen atoms in total. The maximum absolute atomic E-state index is 10.8. The number of aliphatic hydroxyl groups excluding tert-OH is 1. The molecule has 1 rings (SSSR count). The molecule has 1 aromatic rings. The molecule has 0 aromatic carbocycles. The highest BCUT2D eigenvalue weighted by molar-refractivity contribution is 5.56. The van der Waals surface area contributed by atoms with Gasteiger partial charge in [0.05, 0.1) is 17.6 Å². The molecular weight excluding hydrogens is 222 g/mol. The lowest BCUT2D eigenvalue weighted by Crippen LogP contribution is -2.30. The summed E-state index contributed by atoms with van der Waals surface area (Å²) in [7, 11) is 0. The number of nitrogens with one attached hydrogen (secondary N) is 1. The smallest absolute Gasteiger partial charge is 0.311 e. The fraction of sp³-hybridized carbons (Fsp3) is 0.545. The highest BCUT2D eigenvalue weighted by Crippen LogP contribution is 2.23. The van der Waals surface area contributed by atoms with E-state index in [1.807, 2.05) is 13.8 Å². The predicted molar refractivity (Wildman–Crippen MR) is 65.0 cm³/mol. The summed E-state index contributed by atoms with van der Waals surface area (Å²) >= 11 is 0. The Morgan fingerprint density at radius 3 is 2.65 bits per heavy atom. The molecule has 0 saturated heterocycles. The summed E-state index contributed by atoms with van der Waals surface area (Å²) in [5, 5.41) is 22.9. The highest BCUT2D eigenvalue weighted by atomic mass is 16.6. The molecule has 0 aliphatic rings. The van der Waals surface area contributed by atoms with E-state index in [2.05, 4.69) is 10.3 Å². The minimum atomic E-state index is -0.483. The standard InChI is InChI=1S/C11H17N3O3/c1-7(2)9(6-15)13-11-10(14(16)17)5-4-8(3)12-11/h4-5,7,9,15H,6H2,1-3H3,(H,12,13)/t9-/m1/s1. The summed E-state index contributed by atoms with van der Waals surface area (Å²) < 4.78 is 0. The largest absolute Gasteiger partial charge is 0.394 e. The second-order valence-electron chi connectivity index (χ2n) is 4.25. The normalized spacial score (nSPS) is 12.5. The van der Waals surface area contributed by atoms with Gasteiger partial charge in [0.2, 0.25) is 5.82 Å². The van der Waals surface area contributed by atoms with Crippen LogP contribution in [0.4, 0.5) is 11.5 Å². The number of aromatic nitrogens is 1. The van der Waals surface area contributed by atoms with Gasteiger partial charge >= 0.3 is 5.69 Å². The van der Waals surface area contributed by atoms with Crippen LogP contribution in [-0.4, -0.2) is 27.7 Å². The number of hydrogen-bond acceptors (Lipinski definition) is 5. The van der Waals surface area contributed by atoms with Gasteiger partial charge in [-0.25, -0.2) is 4.98 Å². The van der Waals surface area contributed by atoms with Gasteiger partial charge in [-0.3, -0.25) is 10.1 Å². The van der Waals surface area contributed by atoms with Crippen molar-refractivity contribution in [2.75, 3.05) is 11.9 Å². The number of aryl methyl sites for hydroxylation is 1. The van der Waals surface area contributed by atoms with Gasteiger partial charge in [0.15, 0.2) is 0 Å². The van der Waals surface area contributed by atoms with Crippen molar-refractivity contribution < 1.29 is 10.0 Å². The first kappa shape index (κ1) is 13.4. The van der Waals surface area contributed by atoms with E-state index >= 15 is 0 Å². The van der Waals surface area contributed by atoms with Crippen molar-refractivity contribution in [1.29, 1.82) is 0 Å². The van der Waals surface area contributed by atoms with Crippen molar-refractivity contribution in [2.45, 2.75) is 26.8 Å². The van der Waals surface area contributed by atoms with E-state index in [-0.39, 0.29) is 30.1 Å². The zero-order valence-electron chi connectivity index (χ0n) is 10.2. The molecule has 6 heteroatoms. The van der Waals surface area contributed by atoms with Crippen LogP contribution in [0.5, 0.6) is 0 Å². The van der Waals surface area contributed by atoms with Gasteiger partial charge in [-0.15, -0.1) is 0 Å². The number of hydrogen-bond donors (Lipinski definition) is 2. The van der Waals surface area contributed by atoms with Crippen LogP contribution in [0.3, 0.4) is 0 Å². The van der Waals surface area contributed by atoms with Crippen molar-refractivity contribution in [3.05, 3.63) is 27.9 Å². The molecule has 1 heterocycles. The van der Waals surface area contributed by atoms with Crippen molar-refractivity contribution in [1.82, 2.24) is 4.98 Å². The van der Waals surface area contributed by atoms with Crippen LogP contribution in [-0.2, 0) is 0 Å². The maximum Gasteiger partial charge on any atom is 0.311 e. The Labute approximate surface area is 99.8 Å². The van der Waals surface area contributed by atoms with E-state index in [1.165, 1.54) is 6.07 Å². The van der Waals surface area contributed by atoms with Crippen molar-refractivity contribution in [3.8, 4) is 0 Å². The Hall–Kier alpha value is -1.69. The van der Waals surface area contributed by atoms with Gasteiger partial charge < -0.3 is 10.4 Å².